The van der Waals surface area contributed by atoms with Crippen molar-refractivity contribution < 1.29 is 19.2 Å². The second-order valence-electron chi connectivity index (χ2n) is 8.06. The van der Waals surface area contributed by atoms with E-state index in [1.807, 2.05) is 36.1 Å². The zero-order valence-corrected chi connectivity index (χ0v) is 18.0. The molecule has 2 saturated heterocycles. The number of carbonyl (C=O) groups is 4. The van der Waals surface area contributed by atoms with E-state index in [1.54, 1.807) is 17.9 Å². The molecule has 0 bridgehead atoms. The number of piperazine rings is 1. The molecule has 9 nitrogen and oxygen atoms in total. The van der Waals surface area contributed by atoms with Crippen LogP contribution in [0.3, 0.4) is 0 Å². The van der Waals surface area contributed by atoms with E-state index in [-0.39, 0.29) is 24.9 Å². The van der Waals surface area contributed by atoms with Gasteiger partial charge in [-0.2, -0.15) is 0 Å². The number of nitrogens with one attached hydrogen (secondary N) is 2. The van der Waals surface area contributed by atoms with Gasteiger partial charge in [0, 0.05) is 32.7 Å². The van der Waals surface area contributed by atoms with Crippen molar-refractivity contribution >= 4 is 23.8 Å². The molecular weight excluding hydrogens is 398 g/mol. The summed E-state index contributed by atoms with van der Waals surface area (Å²) >= 11 is 0. The molecule has 9 heteroatoms. The van der Waals surface area contributed by atoms with Crippen molar-refractivity contribution in [3.8, 4) is 0 Å². The summed E-state index contributed by atoms with van der Waals surface area (Å²) in [6.45, 7) is 9.51. The fraction of sp³-hybridized carbons (Fsp3) is 0.455. The molecular formula is C22H29N5O4. The van der Waals surface area contributed by atoms with Crippen LogP contribution in [0.5, 0.6) is 0 Å². The summed E-state index contributed by atoms with van der Waals surface area (Å²) in [4.78, 5) is 54.6. The van der Waals surface area contributed by atoms with E-state index in [2.05, 4.69) is 17.2 Å². The summed E-state index contributed by atoms with van der Waals surface area (Å²) in [5, 5.41) is 5.45. The van der Waals surface area contributed by atoms with Gasteiger partial charge in [0.05, 0.1) is 6.54 Å². The van der Waals surface area contributed by atoms with Crippen LogP contribution in [0, 0.1) is 6.92 Å². The summed E-state index contributed by atoms with van der Waals surface area (Å²) in [5.74, 6) is -0.811. The average Bonchev–Trinajstić information content (AvgIpc) is 2.97. The highest BCUT2D eigenvalue weighted by Gasteiger charge is 2.49. The van der Waals surface area contributed by atoms with E-state index in [1.165, 1.54) is 0 Å². The van der Waals surface area contributed by atoms with Crippen molar-refractivity contribution in [2.24, 2.45) is 0 Å². The Balaban J connectivity index is 1.55. The van der Waals surface area contributed by atoms with Gasteiger partial charge in [0.2, 0.25) is 11.8 Å². The maximum absolute atomic E-state index is 13.0. The van der Waals surface area contributed by atoms with Crippen LogP contribution in [-0.2, 0) is 19.9 Å². The highest BCUT2D eigenvalue weighted by Crippen LogP contribution is 2.29. The van der Waals surface area contributed by atoms with Crippen LogP contribution in [0.25, 0.3) is 0 Å². The quantitative estimate of drug-likeness (QED) is 0.478. The van der Waals surface area contributed by atoms with E-state index < -0.39 is 17.5 Å². The van der Waals surface area contributed by atoms with Crippen molar-refractivity contribution in [1.29, 1.82) is 0 Å². The number of hydrogen-bond donors (Lipinski definition) is 2. The van der Waals surface area contributed by atoms with E-state index >= 15 is 0 Å². The fourth-order valence-electron chi connectivity index (χ4n) is 3.76. The summed E-state index contributed by atoms with van der Waals surface area (Å²) in [6, 6.07) is 6.81. The molecule has 2 aliphatic rings. The number of amides is 5. The Kier molecular flexibility index (Phi) is 6.74. The van der Waals surface area contributed by atoms with Crippen molar-refractivity contribution in [1.82, 2.24) is 25.3 Å². The maximum Gasteiger partial charge on any atom is 0.325 e. The lowest BCUT2D eigenvalue weighted by molar-refractivity contribution is -0.140. The van der Waals surface area contributed by atoms with Crippen LogP contribution >= 0.6 is 0 Å². The van der Waals surface area contributed by atoms with Crippen LogP contribution in [0.2, 0.25) is 0 Å². The molecule has 2 N–H and O–H groups in total. The smallest absolute Gasteiger partial charge is 0.325 e. The van der Waals surface area contributed by atoms with Crippen LogP contribution in [0.4, 0.5) is 4.79 Å². The summed E-state index contributed by atoms with van der Waals surface area (Å²) < 4.78 is 0. The standard InChI is InChI=1S/C22H29N5O4/c1-4-9-23-18(28)14-25-10-12-26(13-11-25)19(29)15-27-20(30)22(3,24-21(27)31)17-7-5-16(2)6-8-17/h4-8H,1,9-15H2,2-3H3,(H,23,28)(H,24,31). The fourth-order valence-corrected chi connectivity index (χ4v) is 3.76. The first-order valence-corrected chi connectivity index (χ1v) is 10.3. The van der Waals surface area contributed by atoms with Gasteiger partial charge in [0.1, 0.15) is 12.1 Å². The van der Waals surface area contributed by atoms with Gasteiger partial charge in [-0.25, -0.2) is 4.79 Å². The monoisotopic (exact) mass is 427 g/mol. The number of urea groups is 1. The van der Waals surface area contributed by atoms with E-state index in [0.717, 1.165) is 10.5 Å². The van der Waals surface area contributed by atoms with Gasteiger partial charge in [-0.3, -0.25) is 24.2 Å². The van der Waals surface area contributed by atoms with Gasteiger partial charge in [-0.05, 0) is 19.4 Å². The lowest BCUT2D eigenvalue weighted by Gasteiger charge is -2.34. The Bertz CT molecular complexity index is 876. The molecule has 2 heterocycles. The SMILES string of the molecule is C=CCNC(=O)CN1CCN(C(=O)CN2C(=O)NC(C)(c3ccc(C)cc3)C2=O)CC1. The Hall–Kier alpha value is -3.20. The number of nitrogens with zero attached hydrogens (tertiary/aromatic N) is 3. The Morgan fingerprint density at radius 3 is 2.39 bits per heavy atom. The molecule has 2 aliphatic heterocycles. The molecule has 0 aliphatic carbocycles. The topological polar surface area (TPSA) is 102 Å². The highest BCUT2D eigenvalue weighted by atomic mass is 16.2. The molecule has 31 heavy (non-hydrogen) atoms. The summed E-state index contributed by atoms with van der Waals surface area (Å²) in [7, 11) is 0. The highest BCUT2D eigenvalue weighted by molar-refractivity contribution is 6.09. The van der Waals surface area contributed by atoms with Gasteiger partial charge in [-0.1, -0.05) is 35.9 Å². The third-order valence-corrected chi connectivity index (χ3v) is 5.73. The number of aryl methyl sites for hydroxylation is 1. The first-order valence-electron chi connectivity index (χ1n) is 10.3. The molecule has 0 aromatic heterocycles. The number of imide groups is 1. The van der Waals surface area contributed by atoms with E-state index in [0.29, 0.717) is 38.3 Å². The van der Waals surface area contributed by atoms with Gasteiger partial charge in [0.25, 0.3) is 5.91 Å². The summed E-state index contributed by atoms with van der Waals surface area (Å²) in [6.07, 6.45) is 1.62. The second kappa shape index (κ2) is 9.30. The second-order valence-corrected chi connectivity index (χ2v) is 8.06. The molecule has 1 aromatic carbocycles. The molecule has 0 saturated carbocycles. The van der Waals surface area contributed by atoms with Crippen LogP contribution in [0.15, 0.2) is 36.9 Å². The number of hydrogen-bond acceptors (Lipinski definition) is 5. The number of benzene rings is 1. The number of rotatable bonds is 7. The molecule has 1 unspecified atom stereocenters. The third kappa shape index (κ3) is 4.93. The first-order chi connectivity index (χ1) is 14.7. The molecule has 0 spiro atoms. The molecule has 2 fully saturated rings. The van der Waals surface area contributed by atoms with Crippen LogP contribution in [0.1, 0.15) is 18.1 Å². The molecule has 1 atom stereocenters. The minimum absolute atomic E-state index is 0.0885. The predicted octanol–water partition coefficient (Wildman–Crippen LogP) is 0.208. The van der Waals surface area contributed by atoms with E-state index in [9.17, 15) is 19.2 Å². The zero-order valence-electron chi connectivity index (χ0n) is 18.0. The molecule has 166 valence electrons. The van der Waals surface area contributed by atoms with Crippen LogP contribution < -0.4 is 10.6 Å². The van der Waals surface area contributed by atoms with Crippen LogP contribution in [-0.4, -0.2) is 84.3 Å². The largest absolute Gasteiger partial charge is 0.352 e. The van der Waals surface area contributed by atoms with Crippen molar-refractivity contribution in [2.45, 2.75) is 19.4 Å². The van der Waals surface area contributed by atoms with Gasteiger partial charge < -0.3 is 15.5 Å². The first kappa shape index (κ1) is 22.5. The Labute approximate surface area is 182 Å². The zero-order chi connectivity index (χ0) is 22.6. The Morgan fingerprint density at radius 1 is 1.13 bits per heavy atom. The maximum atomic E-state index is 13.0. The van der Waals surface area contributed by atoms with Gasteiger partial charge >= 0.3 is 6.03 Å². The van der Waals surface area contributed by atoms with Gasteiger partial charge in [-0.15, -0.1) is 6.58 Å². The minimum atomic E-state index is -1.19. The predicted molar refractivity (Wildman–Crippen MR) is 115 cm³/mol. The molecule has 0 radical (unpaired) electrons. The summed E-state index contributed by atoms with van der Waals surface area (Å²) in [5.41, 5.74) is 0.533. The number of carbonyl (C=O) groups excluding carboxylic acids is 4. The average molecular weight is 428 g/mol. The third-order valence-electron chi connectivity index (χ3n) is 5.73. The minimum Gasteiger partial charge on any atom is -0.352 e. The van der Waals surface area contributed by atoms with E-state index in [4.69, 9.17) is 0 Å². The normalized spacial score (nSPS) is 21.7. The van der Waals surface area contributed by atoms with Gasteiger partial charge in [0.15, 0.2) is 0 Å². The Morgan fingerprint density at radius 2 is 1.77 bits per heavy atom. The van der Waals surface area contributed by atoms with Crippen molar-refractivity contribution in [3.63, 3.8) is 0 Å². The van der Waals surface area contributed by atoms with Crippen molar-refractivity contribution in [3.05, 3.63) is 48.0 Å². The van der Waals surface area contributed by atoms with Crippen molar-refractivity contribution in [2.75, 3.05) is 45.8 Å². The molecule has 3 rings (SSSR count). The lowest BCUT2D eigenvalue weighted by atomic mass is 9.91. The lowest BCUT2D eigenvalue weighted by Crippen LogP contribution is -2.53. The molecule has 5 amide bonds. The molecule has 1 aromatic rings.